The van der Waals surface area contributed by atoms with Crippen LogP contribution in [-0.2, 0) is 4.79 Å². The van der Waals surface area contributed by atoms with Gasteiger partial charge in [-0.2, -0.15) is 0 Å². The van der Waals surface area contributed by atoms with Crippen molar-refractivity contribution in [2.75, 3.05) is 26.2 Å². The third-order valence-electron chi connectivity index (χ3n) is 3.18. The van der Waals surface area contributed by atoms with Crippen molar-refractivity contribution in [2.24, 2.45) is 5.92 Å². The summed E-state index contributed by atoms with van der Waals surface area (Å²) >= 11 is 0. The number of rotatable bonds is 9. The van der Waals surface area contributed by atoms with Gasteiger partial charge in [0.2, 0.25) is 5.91 Å². The van der Waals surface area contributed by atoms with Gasteiger partial charge in [-0.1, -0.05) is 6.07 Å². The van der Waals surface area contributed by atoms with Crippen LogP contribution in [0.1, 0.15) is 23.2 Å². The Morgan fingerprint density at radius 1 is 1.24 bits per heavy atom. The average Bonchev–Trinajstić information content (AvgIpc) is 3.31. The van der Waals surface area contributed by atoms with Gasteiger partial charge in [-0.05, 0) is 31.0 Å². The van der Waals surface area contributed by atoms with Gasteiger partial charge in [-0.25, -0.2) is 4.79 Å². The number of benzene rings is 1. The second-order valence-electron chi connectivity index (χ2n) is 5.00. The number of hydrogen-bond donors (Lipinski definition) is 3. The maximum atomic E-state index is 11.4. The van der Waals surface area contributed by atoms with E-state index in [0.717, 1.165) is 12.8 Å². The smallest absolute Gasteiger partial charge is 0.335 e. The third kappa shape index (κ3) is 5.43. The normalized spacial score (nSPS) is 13.7. The molecule has 0 heterocycles. The number of aromatic carboxylic acids is 1. The summed E-state index contributed by atoms with van der Waals surface area (Å²) < 4.78 is 5.46. The predicted octanol–water partition coefficient (Wildman–Crippen LogP) is 0.879. The maximum absolute atomic E-state index is 11.4. The molecule has 114 valence electrons. The van der Waals surface area contributed by atoms with Gasteiger partial charge < -0.3 is 20.5 Å². The van der Waals surface area contributed by atoms with Crippen LogP contribution < -0.4 is 15.4 Å². The molecule has 0 aromatic heterocycles. The minimum absolute atomic E-state index is 0.151. The van der Waals surface area contributed by atoms with Crippen molar-refractivity contribution in [1.29, 1.82) is 0 Å². The van der Waals surface area contributed by atoms with Crippen LogP contribution in [0.25, 0.3) is 0 Å². The lowest BCUT2D eigenvalue weighted by Crippen LogP contribution is -2.34. The number of carboxylic acid groups (broad SMARTS) is 1. The van der Waals surface area contributed by atoms with Crippen LogP contribution in [0.3, 0.4) is 0 Å². The number of carbonyl (C=O) groups excluding carboxylic acids is 1. The molecule has 1 aromatic carbocycles. The first kappa shape index (κ1) is 15.3. The minimum atomic E-state index is -0.968. The summed E-state index contributed by atoms with van der Waals surface area (Å²) in [7, 11) is 0. The molecule has 1 amide bonds. The van der Waals surface area contributed by atoms with Crippen molar-refractivity contribution in [1.82, 2.24) is 10.6 Å². The number of carboxylic acids is 1. The minimum Gasteiger partial charge on any atom is -0.492 e. The van der Waals surface area contributed by atoms with E-state index in [1.807, 2.05) is 0 Å². The monoisotopic (exact) mass is 292 g/mol. The van der Waals surface area contributed by atoms with E-state index >= 15 is 0 Å². The lowest BCUT2D eigenvalue weighted by Gasteiger charge is -2.08. The van der Waals surface area contributed by atoms with E-state index < -0.39 is 5.97 Å². The van der Waals surface area contributed by atoms with E-state index in [-0.39, 0.29) is 17.4 Å². The Morgan fingerprint density at radius 2 is 2.05 bits per heavy atom. The Kier molecular flexibility index (Phi) is 5.57. The zero-order chi connectivity index (χ0) is 15.1. The van der Waals surface area contributed by atoms with Gasteiger partial charge in [0.05, 0.1) is 5.56 Å². The van der Waals surface area contributed by atoms with Crippen molar-refractivity contribution in [3.05, 3.63) is 29.8 Å². The Bertz CT molecular complexity index is 500. The van der Waals surface area contributed by atoms with Gasteiger partial charge in [0, 0.05) is 25.6 Å². The second-order valence-corrected chi connectivity index (χ2v) is 5.00. The summed E-state index contributed by atoms with van der Waals surface area (Å²) in [6.07, 6.45) is 2.03. The lowest BCUT2D eigenvalue weighted by atomic mass is 10.2. The maximum Gasteiger partial charge on any atom is 0.335 e. The molecule has 1 fully saturated rings. The highest BCUT2D eigenvalue weighted by molar-refractivity contribution is 5.88. The standard InChI is InChI=1S/C15H20N2O4/c18-14(11-4-5-11)17-7-6-16-8-9-21-13-3-1-2-12(10-13)15(19)20/h1-3,10-11,16H,4-9H2,(H,17,18)(H,19,20). The van der Waals surface area contributed by atoms with Crippen LogP contribution in [0, 0.1) is 5.92 Å². The summed E-state index contributed by atoms with van der Waals surface area (Å²) in [5, 5.41) is 14.9. The van der Waals surface area contributed by atoms with Crippen LogP contribution in [0.5, 0.6) is 5.75 Å². The van der Waals surface area contributed by atoms with Crippen LogP contribution in [-0.4, -0.2) is 43.2 Å². The molecule has 21 heavy (non-hydrogen) atoms. The van der Waals surface area contributed by atoms with Crippen molar-refractivity contribution in [3.63, 3.8) is 0 Å². The molecule has 1 aliphatic carbocycles. The number of ether oxygens (including phenoxy) is 1. The van der Waals surface area contributed by atoms with E-state index in [2.05, 4.69) is 10.6 Å². The summed E-state index contributed by atoms with van der Waals surface area (Å²) in [4.78, 5) is 22.2. The lowest BCUT2D eigenvalue weighted by molar-refractivity contribution is -0.122. The molecule has 0 radical (unpaired) electrons. The van der Waals surface area contributed by atoms with E-state index in [9.17, 15) is 9.59 Å². The van der Waals surface area contributed by atoms with E-state index in [4.69, 9.17) is 9.84 Å². The molecule has 0 atom stereocenters. The Hall–Kier alpha value is -2.08. The number of hydrogen-bond acceptors (Lipinski definition) is 4. The first-order chi connectivity index (χ1) is 10.2. The van der Waals surface area contributed by atoms with E-state index in [0.29, 0.717) is 32.0 Å². The molecule has 1 saturated carbocycles. The largest absolute Gasteiger partial charge is 0.492 e. The first-order valence-electron chi connectivity index (χ1n) is 7.11. The Labute approximate surface area is 123 Å². The molecule has 6 heteroatoms. The molecule has 1 aliphatic rings. The van der Waals surface area contributed by atoms with Gasteiger partial charge >= 0.3 is 5.97 Å². The Balaban J connectivity index is 1.54. The summed E-state index contributed by atoms with van der Waals surface area (Å²) in [5.41, 5.74) is 0.211. The first-order valence-corrected chi connectivity index (χ1v) is 7.11. The van der Waals surface area contributed by atoms with Crippen LogP contribution >= 0.6 is 0 Å². The molecule has 2 rings (SSSR count). The summed E-state index contributed by atoms with van der Waals surface area (Å²) in [5.74, 6) is -0.0305. The van der Waals surface area contributed by atoms with Crippen molar-refractivity contribution in [3.8, 4) is 5.75 Å². The van der Waals surface area contributed by atoms with E-state index in [1.54, 1.807) is 12.1 Å². The summed E-state index contributed by atoms with van der Waals surface area (Å²) in [6.45, 7) is 2.39. The molecular weight excluding hydrogens is 272 g/mol. The molecule has 0 saturated heterocycles. The van der Waals surface area contributed by atoms with Gasteiger partial charge in [0.25, 0.3) is 0 Å². The van der Waals surface area contributed by atoms with Crippen molar-refractivity contribution in [2.45, 2.75) is 12.8 Å². The molecule has 1 aromatic rings. The van der Waals surface area contributed by atoms with Crippen molar-refractivity contribution >= 4 is 11.9 Å². The highest BCUT2D eigenvalue weighted by Gasteiger charge is 2.28. The second kappa shape index (κ2) is 7.64. The third-order valence-corrected chi connectivity index (χ3v) is 3.18. The molecule has 0 bridgehead atoms. The van der Waals surface area contributed by atoms with Gasteiger partial charge in [-0.3, -0.25) is 4.79 Å². The molecule has 0 aliphatic heterocycles. The molecular formula is C15H20N2O4. The van der Waals surface area contributed by atoms with E-state index in [1.165, 1.54) is 12.1 Å². The fraction of sp³-hybridized carbons (Fsp3) is 0.467. The molecule has 0 unspecified atom stereocenters. The molecule has 3 N–H and O–H groups in total. The highest BCUT2D eigenvalue weighted by Crippen LogP contribution is 2.28. The zero-order valence-electron chi connectivity index (χ0n) is 11.8. The number of nitrogens with one attached hydrogen (secondary N) is 2. The van der Waals surface area contributed by atoms with Gasteiger partial charge in [-0.15, -0.1) is 0 Å². The zero-order valence-corrected chi connectivity index (χ0v) is 11.8. The SMILES string of the molecule is O=C(O)c1cccc(OCCNCCNC(=O)C2CC2)c1. The van der Waals surface area contributed by atoms with Gasteiger partial charge in [0.1, 0.15) is 12.4 Å². The number of carbonyl (C=O) groups is 2. The van der Waals surface area contributed by atoms with Crippen LogP contribution in [0.15, 0.2) is 24.3 Å². The van der Waals surface area contributed by atoms with Crippen LogP contribution in [0.4, 0.5) is 0 Å². The summed E-state index contributed by atoms with van der Waals surface area (Å²) in [6, 6.07) is 6.40. The van der Waals surface area contributed by atoms with Crippen molar-refractivity contribution < 1.29 is 19.4 Å². The average molecular weight is 292 g/mol. The highest BCUT2D eigenvalue weighted by atomic mass is 16.5. The fourth-order valence-electron chi connectivity index (χ4n) is 1.85. The topological polar surface area (TPSA) is 87.7 Å². The molecule has 0 spiro atoms. The Morgan fingerprint density at radius 3 is 2.76 bits per heavy atom. The predicted molar refractivity (Wildman–Crippen MR) is 77.5 cm³/mol. The quantitative estimate of drug-likeness (QED) is 0.588. The molecule has 6 nitrogen and oxygen atoms in total. The van der Waals surface area contributed by atoms with Crippen LogP contribution in [0.2, 0.25) is 0 Å². The van der Waals surface area contributed by atoms with Gasteiger partial charge in [0.15, 0.2) is 0 Å². The fourth-order valence-corrected chi connectivity index (χ4v) is 1.85. The number of amides is 1.